The summed E-state index contributed by atoms with van der Waals surface area (Å²) < 4.78 is 16.6. The lowest BCUT2D eigenvalue weighted by Crippen LogP contribution is -2.13. The first-order valence-electron chi connectivity index (χ1n) is 7.16. The normalized spacial score (nSPS) is 11.4. The third-order valence-corrected chi connectivity index (χ3v) is 2.51. The Morgan fingerprint density at radius 3 is 2.63 bits per heavy atom. The van der Waals surface area contributed by atoms with E-state index in [2.05, 4.69) is 26.1 Å². The smallest absolute Gasteiger partial charge is 0.129 e. The van der Waals surface area contributed by atoms with Gasteiger partial charge in [-0.1, -0.05) is 20.8 Å². The molecule has 0 aliphatic carbocycles. The maximum Gasteiger partial charge on any atom is 0.129 e. The average Bonchev–Trinajstić information content (AvgIpc) is 2.81. The zero-order valence-electron chi connectivity index (χ0n) is 12.4. The van der Waals surface area contributed by atoms with Gasteiger partial charge in [-0.3, -0.25) is 0 Å². The molecule has 0 aliphatic rings. The van der Waals surface area contributed by atoms with Gasteiger partial charge in [0.25, 0.3) is 0 Å². The minimum atomic E-state index is 0.513. The summed E-state index contributed by atoms with van der Waals surface area (Å²) in [4.78, 5) is 0. The molecule has 0 unspecified atom stereocenters. The molecule has 0 bridgehead atoms. The molecule has 0 saturated heterocycles. The van der Waals surface area contributed by atoms with Gasteiger partial charge in [0.05, 0.1) is 19.8 Å². The molecule has 0 radical (unpaired) electrons. The fourth-order valence-corrected chi connectivity index (χ4v) is 1.59. The number of hydrogen-bond donors (Lipinski definition) is 1. The van der Waals surface area contributed by atoms with Gasteiger partial charge >= 0.3 is 0 Å². The lowest BCUT2D eigenvalue weighted by Gasteiger charge is -2.06. The van der Waals surface area contributed by atoms with Crippen molar-refractivity contribution < 1.29 is 13.9 Å². The standard InChI is InChI=1S/C15H27NO3/c1-4-7-16-10-14-5-6-15(19-14)12-18-9-8-17-11-13(2)3/h5-6,13,16H,4,7-12H2,1-3H3. The maximum atomic E-state index is 5.65. The highest BCUT2D eigenvalue weighted by molar-refractivity contribution is 5.06. The van der Waals surface area contributed by atoms with Crippen molar-refractivity contribution in [1.82, 2.24) is 5.32 Å². The van der Waals surface area contributed by atoms with Crippen LogP contribution < -0.4 is 5.32 Å². The summed E-state index contributed by atoms with van der Waals surface area (Å²) in [6, 6.07) is 3.97. The maximum absolute atomic E-state index is 5.65. The first-order valence-corrected chi connectivity index (χ1v) is 7.16. The highest BCUT2D eigenvalue weighted by Gasteiger charge is 2.02. The summed E-state index contributed by atoms with van der Waals surface area (Å²) in [5.74, 6) is 2.41. The molecule has 19 heavy (non-hydrogen) atoms. The Morgan fingerprint density at radius 2 is 1.89 bits per heavy atom. The molecule has 4 heteroatoms. The van der Waals surface area contributed by atoms with E-state index in [1.54, 1.807) is 0 Å². The first-order chi connectivity index (χ1) is 9.22. The van der Waals surface area contributed by atoms with Crippen LogP contribution in [0.15, 0.2) is 16.5 Å². The lowest BCUT2D eigenvalue weighted by atomic mass is 10.2. The van der Waals surface area contributed by atoms with E-state index in [1.165, 1.54) is 0 Å². The fraction of sp³-hybridized carbons (Fsp3) is 0.733. The van der Waals surface area contributed by atoms with Crippen LogP contribution in [0, 0.1) is 5.92 Å². The Bertz CT molecular complexity index is 323. The monoisotopic (exact) mass is 269 g/mol. The van der Waals surface area contributed by atoms with Crippen molar-refractivity contribution in [2.45, 2.75) is 40.3 Å². The van der Waals surface area contributed by atoms with Crippen molar-refractivity contribution in [2.24, 2.45) is 5.92 Å². The number of ether oxygens (including phenoxy) is 2. The molecule has 1 N–H and O–H groups in total. The van der Waals surface area contributed by atoms with E-state index in [-0.39, 0.29) is 0 Å². The SMILES string of the molecule is CCCNCc1ccc(COCCOCC(C)C)o1. The van der Waals surface area contributed by atoms with Gasteiger partial charge in [-0.15, -0.1) is 0 Å². The van der Waals surface area contributed by atoms with Gasteiger partial charge < -0.3 is 19.2 Å². The second-order valence-corrected chi connectivity index (χ2v) is 5.07. The summed E-state index contributed by atoms with van der Waals surface area (Å²) in [6.45, 7) is 10.8. The zero-order valence-corrected chi connectivity index (χ0v) is 12.4. The van der Waals surface area contributed by atoms with Crippen LogP contribution in [-0.4, -0.2) is 26.4 Å². The predicted molar refractivity (Wildman–Crippen MR) is 76.0 cm³/mol. The van der Waals surface area contributed by atoms with Crippen LogP contribution in [0.3, 0.4) is 0 Å². The molecule has 0 amide bonds. The van der Waals surface area contributed by atoms with Crippen molar-refractivity contribution in [2.75, 3.05) is 26.4 Å². The zero-order chi connectivity index (χ0) is 13.9. The van der Waals surface area contributed by atoms with Crippen molar-refractivity contribution in [3.8, 4) is 0 Å². The Morgan fingerprint density at radius 1 is 1.16 bits per heavy atom. The van der Waals surface area contributed by atoms with Gasteiger partial charge in [0.15, 0.2) is 0 Å². The highest BCUT2D eigenvalue weighted by atomic mass is 16.5. The summed E-state index contributed by atoms with van der Waals surface area (Å²) in [5, 5.41) is 3.30. The lowest BCUT2D eigenvalue weighted by molar-refractivity contribution is 0.0261. The van der Waals surface area contributed by atoms with E-state index in [1.807, 2.05) is 12.1 Å². The summed E-state index contributed by atoms with van der Waals surface area (Å²) >= 11 is 0. The first kappa shape index (κ1) is 16.2. The summed E-state index contributed by atoms with van der Waals surface area (Å²) in [6.07, 6.45) is 1.13. The van der Waals surface area contributed by atoms with Crippen molar-refractivity contribution >= 4 is 0 Å². The van der Waals surface area contributed by atoms with Crippen molar-refractivity contribution in [1.29, 1.82) is 0 Å². The molecule has 1 rings (SSSR count). The minimum Gasteiger partial charge on any atom is -0.462 e. The van der Waals surface area contributed by atoms with Gasteiger partial charge in [0.2, 0.25) is 0 Å². The molecular formula is C15H27NO3. The largest absolute Gasteiger partial charge is 0.462 e. The van der Waals surface area contributed by atoms with Gasteiger partial charge in [-0.05, 0) is 31.0 Å². The Hall–Kier alpha value is -0.840. The van der Waals surface area contributed by atoms with Crippen LogP contribution in [-0.2, 0) is 22.6 Å². The Labute approximate surface area is 116 Å². The quantitative estimate of drug-likeness (QED) is 0.627. The number of nitrogens with one attached hydrogen (secondary N) is 1. The Balaban J connectivity index is 2.06. The molecule has 0 atom stereocenters. The molecule has 0 spiro atoms. The third-order valence-electron chi connectivity index (χ3n) is 2.51. The van der Waals surface area contributed by atoms with E-state index in [0.29, 0.717) is 25.7 Å². The van der Waals surface area contributed by atoms with E-state index in [4.69, 9.17) is 13.9 Å². The predicted octanol–water partition coefficient (Wildman–Crippen LogP) is 2.97. The second kappa shape index (κ2) is 10.0. The fourth-order valence-electron chi connectivity index (χ4n) is 1.59. The molecular weight excluding hydrogens is 242 g/mol. The topological polar surface area (TPSA) is 43.6 Å². The number of furan rings is 1. The van der Waals surface area contributed by atoms with E-state index >= 15 is 0 Å². The second-order valence-electron chi connectivity index (χ2n) is 5.07. The summed E-state index contributed by atoms with van der Waals surface area (Å²) in [5.41, 5.74) is 0. The number of hydrogen-bond acceptors (Lipinski definition) is 4. The molecule has 0 fully saturated rings. The van der Waals surface area contributed by atoms with Crippen LogP contribution in [0.4, 0.5) is 0 Å². The minimum absolute atomic E-state index is 0.513. The van der Waals surface area contributed by atoms with E-state index in [0.717, 1.165) is 37.6 Å². The van der Waals surface area contributed by atoms with Crippen LogP contribution >= 0.6 is 0 Å². The molecule has 1 aromatic rings. The van der Waals surface area contributed by atoms with Gasteiger partial charge in [-0.2, -0.15) is 0 Å². The Kier molecular flexibility index (Phi) is 8.54. The van der Waals surface area contributed by atoms with E-state index in [9.17, 15) is 0 Å². The molecule has 110 valence electrons. The van der Waals surface area contributed by atoms with Gasteiger partial charge in [-0.25, -0.2) is 0 Å². The highest BCUT2D eigenvalue weighted by Crippen LogP contribution is 2.08. The van der Waals surface area contributed by atoms with Crippen molar-refractivity contribution in [3.63, 3.8) is 0 Å². The van der Waals surface area contributed by atoms with Crippen LogP contribution in [0.1, 0.15) is 38.7 Å². The molecule has 4 nitrogen and oxygen atoms in total. The van der Waals surface area contributed by atoms with Crippen LogP contribution in [0.25, 0.3) is 0 Å². The summed E-state index contributed by atoms with van der Waals surface area (Å²) in [7, 11) is 0. The molecule has 1 heterocycles. The van der Waals surface area contributed by atoms with Crippen LogP contribution in [0.5, 0.6) is 0 Å². The molecule has 0 aromatic carbocycles. The van der Waals surface area contributed by atoms with Gasteiger partial charge in [0, 0.05) is 6.61 Å². The molecule has 0 saturated carbocycles. The van der Waals surface area contributed by atoms with Crippen molar-refractivity contribution in [3.05, 3.63) is 23.7 Å². The third kappa shape index (κ3) is 8.03. The average molecular weight is 269 g/mol. The number of rotatable bonds is 11. The molecule has 0 aliphatic heterocycles. The van der Waals surface area contributed by atoms with Crippen LogP contribution in [0.2, 0.25) is 0 Å². The molecule has 1 aromatic heterocycles. The van der Waals surface area contributed by atoms with E-state index < -0.39 is 0 Å². The van der Waals surface area contributed by atoms with Gasteiger partial charge in [0.1, 0.15) is 18.1 Å².